The van der Waals surface area contributed by atoms with Crippen molar-refractivity contribution >= 4 is 22.6 Å². The fraction of sp³-hybridized carbons (Fsp3) is 0.158. The number of urea groups is 1. The maximum absolute atomic E-state index is 12.0. The van der Waals surface area contributed by atoms with Crippen LogP contribution < -0.4 is 5.32 Å². The predicted octanol–water partition coefficient (Wildman–Crippen LogP) is 4.12. The first kappa shape index (κ1) is 13.8. The average Bonchev–Trinajstić information content (AvgIpc) is 2.99. The summed E-state index contributed by atoms with van der Waals surface area (Å²) in [6.45, 7) is 2.05. The number of rotatable bonds is 2. The molecule has 114 valence electrons. The molecule has 4 rings (SSSR count). The summed E-state index contributed by atoms with van der Waals surface area (Å²) in [7, 11) is 0. The first-order chi connectivity index (χ1) is 11.2. The van der Waals surface area contributed by atoms with Gasteiger partial charge in [0.25, 0.3) is 0 Å². The number of amides is 2. The molecule has 0 bridgehead atoms. The van der Waals surface area contributed by atoms with Crippen molar-refractivity contribution in [3.63, 3.8) is 0 Å². The predicted molar refractivity (Wildman–Crippen MR) is 91.9 cm³/mol. The van der Waals surface area contributed by atoms with E-state index in [0.29, 0.717) is 6.42 Å². The lowest BCUT2D eigenvalue weighted by molar-refractivity contribution is 0.244. The monoisotopic (exact) mass is 303 g/mol. The van der Waals surface area contributed by atoms with Crippen LogP contribution in [-0.2, 0) is 0 Å². The van der Waals surface area contributed by atoms with Crippen LogP contribution >= 0.6 is 0 Å². The van der Waals surface area contributed by atoms with Crippen molar-refractivity contribution in [2.75, 3.05) is 0 Å². The third-order valence-electron chi connectivity index (χ3n) is 4.31. The summed E-state index contributed by atoms with van der Waals surface area (Å²) in [6, 6.07) is 15.9. The van der Waals surface area contributed by atoms with Crippen LogP contribution in [0.15, 0.2) is 59.7 Å². The zero-order chi connectivity index (χ0) is 15.8. The van der Waals surface area contributed by atoms with E-state index >= 15 is 0 Å². The van der Waals surface area contributed by atoms with E-state index in [1.807, 2.05) is 55.6 Å². The molecule has 2 N–H and O–H groups in total. The molecule has 1 aromatic heterocycles. The average molecular weight is 303 g/mol. The van der Waals surface area contributed by atoms with Crippen LogP contribution in [0.2, 0.25) is 0 Å². The Morgan fingerprint density at radius 2 is 1.87 bits per heavy atom. The lowest BCUT2D eigenvalue weighted by Crippen LogP contribution is -2.33. The van der Waals surface area contributed by atoms with Crippen LogP contribution in [0.5, 0.6) is 0 Å². The Labute approximate surface area is 134 Å². The molecule has 0 radical (unpaired) electrons. The van der Waals surface area contributed by atoms with Crippen LogP contribution in [-0.4, -0.2) is 16.7 Å². The van der Waals surface area contributed by atoms with Crippen molar-refractivity contribution in [1.29, 1.82) is 0 Å². The van der Waals surface area contributed by atoms with Gasteiger partial charge in [-0.3, -0.25) is 0 Å². The van der Waals surface area contributed by atoms with Crippen molar-refractivity contribution in [3.05, 3.63) is 71.4 Å². The fourth-order valence-corrected chi connectivity index (χ4v) is 3.09. The Hall–Kier alpha value is -2.88. The van der Waals surface area contributed by atoms with Crippen LogP contribution in [0.1, 0.15) is 29.2 Å². The van der Waals surface area contributed by atoms with Gasteiger partial charge in [0.1, 0.15) is 0 Å². The van der Waals surface area contributed by atoms with Crippen LogP contribution in [0, 0.1) is 6.92 Å². The minimum absolute atomic E-state index is 0.0625. The number of hydrogen-bond acceptors (Lipinski definition) is 1. The molecule has 0 aliphatic carbocycles. The van der Waals surface area contributed by atoms with E-state index in [1.165, 1.54) is 5.56 Å². The molecule has 0 spiro atoms. The zero-order valence-electron chi connectivity index (χ0n) is 12.8. The first-order valence-electron chi connectivity index (χ1n) is 7.72. The number of H-pyrrole nitrogens is 1. The van der Waals surface area contributed by atoms with Crippen LogP contribution in [0.4, 0.5) is 4.79 Å². The summed E-state index contributed by atoms with van der Waals surface area (Å²) in [4.78, 5) is 19.5. The number of aryl methyl sites for hydroxylation is 1. The second kappa shape index (κ2) is 5.39. The van der Waals surface area contributed by atoms with Gasteiger partial charge in [0.05, 0.1) is 11.8 Å². The second-order valence-corrected chi connectivity index (χ2v) is 5.92. The van der Waals surface area contributed by atoms with Gasteiger partial charge in [-0.05, 0) is 18.6 Å². The van der Waals surface area contributed by atoms with Gasteiger partial charge in [0, 0.05) is 29.1 Å². The van der Waals surface area contributed by atoms with Crippen molar-refractivity contribution in [1.82, 2.24) is 10.3 Å². The molecule has 2 heterocycles. The Morgan fingerprint density at radius 3 is 2.70 bits per heavy atom. The van der Waals surface area contributed by atoms with Gasteiger partial charge in [-0.15, -0.1) is 0 Å². The minimum atomic E-state index is -0.276. The molecule has 23 heavy (non-hydrogen) atoms. The molecule has 4 heteroatoms. The highest BCUT2D eigenvalue weighted by Crippen LogP contribution is 2.29. The lowest BCUT2D eigenvalue weighted by atomic mass is 9.95. The number of aliphatic imine (C=N–C) groups is 1. The minimum Gasteiger partial charge on any atom is -0.361 e. The number of benzene rings is 2. The van der Waals surface area contributed by atoms with Crippen LogP contribution in [0.25, 0.3) is 10.9 Å². The summed E-state index contributed by atoms with van der Waals surface area (Å²) >= 11 is 0. The molecular formula is C19H17N3O. The Kier molecular flexibility index (Phi) is 3.23. The van der Waals surface area contributed by atoms with E-state index in [4.69, 9.17) is 0 Å². The van der Waals surface area contributed by atoms with E-state index in [2.05, 4.69) is 21.4 Å². The number of nitrogens with zero attached hydrogens (tertiary/aromatic N) is 1. The molecular weight excluding hydrogens is 286 g/mol. The van der Waals surface area contributed by atoms with Crippen molar-refractivity contribution in [3.8, 4) is 0 Å². The number of para-hydroxylation sites is 1. The highest BCUT2D eigenvalue weighted by atomic mass is 16.2. The van der Waals surface area contributed by atoms with Gasteiger partial charge in [-0.2, -0.15) is 4.99 Å². The third-order valence-corrected chi connectivity index (χ3v) is 4.31. The SMILES string of the molecule is Cc1ccc(C2=NC(=O)NC(c3c[nH]c4ccccc34)C2)cc1. The van der Waals surface area contributed by atoms with Gasteiger partial charge in [-0.1, -0.05) is 48.0 Å². The number of carbonyl (C=O) groups is 1. The van der Waals surface area contributed by atoms with Gasteiger partial charge < -0.3 is 10.3 Å². The second-order valence-electron chi connectivity index (χ2n) is 5.92. The molecule has 0 saturated heterocycles. The number of carbonyl (C=O) groups excluding carboxylic acids is 1. The van der Waals surface area contributed by atoms with E-state index in [-0.39, 0.29) is 12.1 Å². The summed E-state index contributed by atoms with van der Waals surface area (Å²) in [5.41, 5.74) is 5.23. The summed E-state index contributed by atoms with van der Waals surface area (Å²) in [6.07, 6.45) is 2.67. The molecule has 1 atom stereocenters. The normalized spacial score (nSPS) is 17.9. The maximum Gasteiger partial charge on any atom is 0.341 e. The number of aromatic amines is 1. The molecule has 3 aromatic rings. The zero-order valence-corrected chi connectivity index (χ0v) is 12.8. The standard InChI is InChI=1S/C19H17N3O/c1-12-6-8-13(9-7-12)17-10-18(22-19(23)21-17)15-11-20-16-5-3-2-4-14(15)16/h2-9,11,18,20H,10H2,1H3,(H,22,23). The van der Waals surface area contributed by atoms with Crippen molar-refractivity contribution in [2.24, 2.45) is 4.99 Å². The maximum atomic E-state index is 12.0. The van der Waals surface area contributed by atoms with Gasteiger partial charge in [-0.25, -0.2) is 4.79 Å². The van der Waals surface area contributed by atoms with Crippen molar-refractivity contribution in [2.45, 2.75) is 19.4 Å². The molecule has 1 aliphatic heterocycles. The molecule has 2 amide bonds. The molecule has 0 saturated carbocycles. The summed E-state index contributed by atoms with van der Waals surface area (Å²) in [5, 5.41) is 4.12. The van der Waals surface area contributed by atoms with Gasteiger partial charge >= 0.3 is 6.03 Å². The topological polar surface area (TPSA) is 57.2 Å². The molecule has 1 aliphatic rings. The van der Waals surface area contributed by atoms with E-state index in [9.17, 15) is 4.79 Å². The summed E-state index contributed by atoms with van der Waals surface area (Å²) < 4.78 is 0. The Morgan fingerprint density at radius 1 is 1.09 bits per heavy atom. The van der Waals surface area contributed by atoms with Crippen molar-refractivity contribution < 1.29 is 4.79 Å². The van der Waals surface area contributed by atoms with E-state index < -0.39 is 0 Å². The number of nitrogens with one attached hydrogen (secondary N) is 2. The quantitative estimate of drug-likeness (QED) is 0.735. The largest absolute Gasteiger partial charge is 0.361 e. The van der Waals surface area contributed by atoms with Crippen LogP contribution in [0.3, 0.4) is 0 Å². The molecule has 1 unspecified atom stereocenters. The van der Waals surface area contributed by atoms with E-state index in [0.717, 1.165) is 27.7 Å². The Bertz CT molecular complexity index is 906. The van der Waals surface area contributed by atoms with Gasteiger partial charge in [0.2, 0.25) is 0 Å². The highest BCUT2D eigenvalue weighted by molar-refractivity contribution is 6.08. The molecule has 2 aromatic carbocycles. The van der Waals surface area contributed by atoms with E-state index in [1.54, 1.807) is 0 Å². The smallest absolute Gasteiger partial charge is 0.341 e. The fourth-order valence-electron chi connectivity index (χ4n) is 3.09. The third kappa shape index (κ3) is 2.52. The summed E-state index contributed by atoms with van der Waals surface area (Å²) in [5.74, 6) is 0. The number of hydrogen-bond donors (Lipinski definition) is 2. The first-order valence-corrected chi connectivity index (χ1v) is 7.72. The highest BCUT2D eigenvalue weighted by Gasteiger charge is 2.25. The van der Waals surface area contributed by atoms with Gasteiger partial charge in [0.15, 0.2) is 0 Å². The lowest BCUT2D eigenvalue weighted by Gasteiger charge is -2.23. The number of fused-ring (bicyclic) bond motifs is 1. The number of aromatic nitrogens is 1. The molecule has 0 fully saturated rings. The Balaban J connectivity index is 1.71. The molecule has 4 nitrogen and oxygen atoms in total.